The first-order chi connectivity index (χ1) is 4.91. The first kappa shape index (κ1) is 8.37. The summed E-state index contributed by atoms with van der Waals surface area (Å²) in [5.41, 5.74) is 5.78. The molecule has 11 heavy (non-hydrogen) atoms. The molecule has 1 unspecified atom stereocenters. The summed E-state index contributed by atoms with van der Waals surface area (Å²) >= 11 is 0. The van der Waals surface area contributed by atoms with Gasteiger partial charge in [-0.1, -0.05) is 6.92 Å². The summed E-state index contributed by atoms with van der Waals surface area (Å²) in [6.07, 6.45) is 0. The quantitative estimate of drug-likeness (QED) is 0.567. The molecule has 1 aliphatic rings. The van der Waals surface area contributed by atoms with E-state index in [1.807, 2.05) is 5.01 Å². The Morgan fingerprint density at radius 3 is 2.27 bits per heavy atom. The molecule has 3 heteroatoms. The zero-order valence-electron chi connectivity index (χ0n) is 7.76. The van der Waals surface area contributed by atoms with E-state index in [1.165, 1.54) is 0 Å². The molecule has 0 aromatic rings. The lowest BCUT2D eigenvalue weighted by molar-refractivity contribution is 0.151. The second kappa shape index (κ2) is 2.40. The van der Waals surface area contributed by atoms with Gasteiger partial charge in [-0.25, -0.2) is 0 Å². The van der Waals surface area contributed by atoms with Gasteiger partial charge in [-0.2, -0.15) is 5.10 Å². The fraction of sp³-hybridized carbons (Fsp3) is 0.875. The summed E-state index contributed by atoms with van der Waals surface area (Å²) in [6.45, 7) is 9.48. The Kier molecular flexibility index (Phi) is 1.82. The normalized spacial score (nSPS) is 25.6. The van der Waals surface area contributed by atoms with Crippen molar-refractivity contribution in [2.24, 2.45) is 16.8 Å². The van der Waals surface area contributed by atoms with Crippen LogP contribution in [0.1, 0.15) is 27.7 Å². The molecule has 2 N–H and O–H groups in total. The number of rotatable bonds is 0. The Balaban J connectivity index is 2.68. The van der Waals surface area contributed by atoms with Crippen LogP contribution < -0.4 is 5.73 Å². The molecule has 1 atom stereocenters. The lowest BCUT2D eigenvalue weighted by Gasteiger charge is -2.29. The highest BCUT2D eigenvalue weighted by Gasteiger charge is 2.28. The molecule has 0 saturated carbocycles. The van der Waals surface area contributed by atoms with Crippen molar-refractivity contribution in [3.05, 3.63) is 0 Å². The Morgan fingerprint density at radius 2 is 2.09 bits per heavy atom. The Morgan fingerprint density at radius 1 is 1.55 bits per heavy atom. The van der Waals surface area contributed by atoms with Crippen LogP contribution in [-0.4, -0.2) is 22.9 Å². The third-order valence-corrected chi connectivity index (χ3v) is 1.96. The predicted molar refractivity (Wildman–Crippen MR) is 47.2 cm³/mol. The third kappa shape index (κ3) is 1.64. The van der Waals surface area contributed by atoms with Gasteiger partial charge in [-0.3, -0.25) is 5.01 Å². The molecule has 0 amide bonds. The van der Waals surface area contributed by atoms with E-state index < -0.39 is 0 Å². The number of nitrogens with zero attached hydrogens (tertiary/aromatic N) is 2. The van der Waals surface area contributed by atoms with Crippen LogP contribution in [-0.2, 0) is 0 Å². The molecule has 1 heterocycles. The minimum absolute atomic E-state index is 0.107. The third-order valence-electron chi connectivity index (χ3n) is 1.96. The second-order valence-corrected chi connectivity index (χ2v) is 4.18. The van der Waals surface area contributed by atoms with E-state index in [1.54, 1.807) is 0 Å². The van der Waals surface area contributed by atoms with Crippen molar-refractivity contribution in [1.82, 2.24) is 5.01 Å². The molecule has 0 spiro atoms. The van der Waals surface area contributed by atoms with Crippen molar-refractivity contribution < 1.29 is 0 Å². The second-order valence-electron chi connectivity index (χ2n) is 4.18. The van der Waals surface area contributed by atoms with Crippen LogP contribution in [0, 0.1) is 5.92 Å². The summed E-state index contributed by atoms with van der Waals surface area (Å²) < 4.78 is 0. The number of hydrazone groups is 1. The van der Waals surface area contributed by atoms with Gasteiger partial charge in [0.25, 0.3) is 0 Å². The van der Waals surface area contributed by atoms with Crippen LogP contribution in [0.5, 0.6) is 0 Å². The highest BCUT2D eigenvalue weighted by molar-refractivity contribution is 5.83. The lowest BCUT2D eigenvalue weighted by atomic mass is 10.1. The smallest absolute Gasteiger partial charge is 0.124 e. The maximum absolute atomic E-state index is 5.67. The summed E-state index contributed by atoms with van der Waals surface area (Å²) in [5, 5.41) is 6.32. The van der Waals surface area contributed by atoms with Gasteiger partial charge in [0.15, 0.2) is 0 Å². The number of hydrogen-bond donors (Lipinski definition) is 1. The SMILES string of the molecule is CC1CN(C(C)(C)C)N=C1N. The van der Waals surface area contributed by atoms with Gasteiger partial charge >= 0.3 is 0 Å². The van der Waals surface area contributed by atoms with Crippen molar-refractivity contribution >= 4 is 5.84 Å². The van der Waals surface area contributed by atoms with Gasteiger partial charge in [0.05, 0.1) is 0 Å². The minimum Gasteiger partial charge on any atom is -0.385 e. The molecule has 64 valence electrons. The fourth-order valence-corrected chi connectivity index (χ4v) is 1.06. The molecule has 0 aromatic heterocycles. The lowest BCUT2D eigenvalue weighted by Crippen LogP contribution is -2.36. The van der Waals surface area contributed by atoms with E-state index in [0.717, 1.165) is 12.4 Å². The fourth-order valence-electron chi connectivity index (χ4n) is 1.06. The zero-order valence-corrected chi connectivity index (χ0v) is 7.76. The van der Waals surface area contributed by atoms with E-state index in [2.05, 4.69) is 32.8 Å². The van der Waals surface area contributed by atoms with Gasteiger partial charge in [0.2, 0.25) is 0 Å². The van der Waals surface area contributed by atoms with Crippen LogP contribution in [0.25, 0.3) is 0 Å². The monoisotopic (exact) mass is 155 g/mol. The average Bonchev–Trinajstić information content (AvgIpc) is 2.11. The van der Waals surface area contributed by atoms with Crippen LogP contribution in [0.4, 0.5) is 0 Å². The summed E-state index contributed by atoms with van der Waals surface area (Å²) in [5.74, 6) is 1.18. The van der Waals surface area contributed by atoms with Crippen LogP contribution in [0.15, 0.2) is 5.10 Å². The van der Waals surface area contributed by atoms with Gasteiger partial charge in [0.1, 0.15) is 5.84 Å². The molecular weight excluding hydrogens is 138 g/mol. The Labute approximate surface area is 68.3 Å². The van der Waals surface area contributed by atoms with E-state index >= 15 is 0 Å². The summed E-state index contributed by atoms with van der Waals surface area (Å²) in [7, 11) is 0. The topological polar surface area (TPSA) is 41.6 Å². The molecule has 0 aromatic carbocycles. The van der Waals surface area contributed by atoms with Gasteiger partial charge in [-0.15, -0.1) is 0 Å². The highest BCUT2D eigenvalue weighted by atomic mass is 15.5. The minimum atomic E-state index is 0.107. The van der Waals surface area contributed by atoms with E-state index in [-0.39, 0.29) is 5.54 Å². The molecular formula is C8H17N3. The van der Waals surface area contributed by atoms with Gasteiger partial charge < -0.3 is 5.73 Å². The van der Waals surface area contributed by atoms with Crippen molar-refractivity contribution in [3.8, 4) is 0 Å². The molecule has 0 bridgehead atoms. The average molecular weight is 155 g/mol. The van der Waals surface area contributed by atoms with Crippen molar-refractivity contribution in [2.75, 3.05) is 6.54 Å². The molecule has 0 fully saturated rings. The molecule has 1 aliphatic heterocycles. The van der Waals surface area contributed by atoms with Gasteiger partial charge in [-0.05, 0) is 20.8 Å². The highest BCUT2D eigenvalue weighted by Crippen LogP contribution is 2.20. The van der Waals surface area contributed by atoms with E-state index in [0.29, 0.717) is 5.92 Å². The number of hydrogen-bond acceptors (Lipinski definition) is 3. The van der Waals surface area contributed by atoms with E-state index in [4.69, 9.17) is 5.73 Å². The Bertz CT molecular complexity index is 178. The molecule has 0 aliphatic carbocycles. The largest absolute Gasteiger partial charge is 0.385 e. The maximum atomic E-state index is 5.67. The van der Waals surface area contributed by atoms with Crippen LogP contribution >= 0.6 is 0 Å². The molecule has 3 nitrogen and oxygen atoms in total. The van der Waals surface area contributed by atoms with Crippen molar-refractivity contribution in [3.63, 3.8) is 0 Å². The van der Waals surface area contributed by atoms with Crippen LogP contribution in [0.3, 0.4) is 0 Å². The van der Waals surface area contributed by atoms with Crippen LogP contribution in [0.2, 0.25) is 0 Å². The molecule has 1 rings (SSSR count). The van der Waals surface area contributed by atoms with E-state index in [9.17, 15) is 0 Å². The van der Waals surface area contributed by atoms with Crippen molar-refractivity contribution in [2.45, 2.75) is 33.2 Å². The summed E-state index contributed by atoms with van der Waals surface area (Å²) in [6, 6.07) is 0. The predicted octanol–water partition coefficient (Wildman–Crippen LogP) is 1.01. The standard InChI is InChI=1S/C8H17N3/c1-6-5-11(8(2,3)4)10-7(6)9/h6H,5H2,1-4H3,(H2,9,10). The summed E-state index contributed by atoms with van der Waals surface area (Å²) in [4.78, 5) is 0. The molecule has 0 radical (unpaired) electrons. The van der Waals surface area contributed by atoms with Gasteiger partial charge in [0, 0.05) is 18.0 Å². The Hall–Kier alpha value is -0.730. The number of amidine groups is 1. The molecule has 0 saturated heterocycles. The first-order valence-electron chi connectivity index (χ1n) is 4.03. The van der Waals surface area contributed by atoms with Crippen molar-refractivity contribution in [1.29, 1.82) is 0 Å². The number of nitrogens with two attached hydrogens (primary N) is 1. The zero-order chi connectivity index (χ0) is 8.65. The first-order valence-corrected chi connectivity index (χ1v) is 4.03. The maximum Gasteiger partial charge on any atom is 0.124 e.